The van der Waals surface area contributed by atoms with Crippen LogP contribution in [0.5, 0.6) is 5.75 Å². The summed E-state index contributed by atoms with van der Waals surface area (Å²) in [5.74, 6) is -1.48. The average molecular weight is 369 g/mol. The van der Waals surface area contributed by atoms with Crippen LogP contribution < -0.4 is 0 Å². The summed E-state index contributed by atoms with van der Waals surface area (Å²) in [4.78, 5) is 26.8. The minimum Gasteiger partial charge on any atom is -0.505 e. The van der Waals surface area contributed by atoms with Gasteiger partial charge in [-0.1, -0.05) is 11.6 Å². The van der Waals surface area contributed by atoms with E-state index in [2.05, 4.69) is 0 Å². The van der Waals surface area contributed by atoms with Crippen LogP contribution in [0.15, 0.2) is 6.07 Å². The van der Waals surface area contributed by atoms with Crippen LogP contribution in [-0.2, 0) is 11.2 Å². The van der Waals surface area contributed by atoms with Crippen molar-refractivity contribution in [2.75, 3.05) is 19.6 Å². The van der Waals surface area contributed by atoms with Crippen molar-refractivity contribution >= 4 is 23.6 Å². The summed E-state index contributed by atoms with van der Waals surface area (Å²) in [6.07, 6.45) is 1.62. The van der Waals surface area contributed by atoms with Crippen molar-refractivity contribution in [2.24, 2.45) is 5.41 Å². The van der Waals surface area contributed by atoms with Gasteiger partial charge in [0, 0.05) is 36.6 Å². The molecule has 4 rings (SSSR count). The highest BCUT2D eigenvalue weighted by atomic mass is 35.5. The topological polar surface area (TPSA) is 81.1 Å². The highest BCUT2D eigenvalue weighted by molar-refractivity contribution is 6.31. The van der Waals surface area contributed by atoms with Crippen LogP contribution in [-0.4, -0.2) is 51.6 Å². The van der Waals surface area contributed by atoms with Crippen LogP contribution in [0.2, 0.25) is 5.02 Å². The van der Waals surface area contributed by atoms with Gasteiger partial charge in [-0.2, -0.15) is 0 Å². The first-order valence-electron chi connectivity index (χ1n) is 8.28. The number of rotatable bonds is 2. The van der Waals surface area contributed by atoms with Crippen molar-refractivity contribution in [3.05, 3.63) is 28.0 Å². The smallest absolute Gasteiger partial charge is 0.407 e. The van der Waals surface area contributed by atoms with E-state index < -0.39 is 23.7 Å². The molecular weight excluding hydrogens is 351 g/mol. The van der Waals surface area contributed by atoms with E-state index >= 15 is 0 Å². The Morgan fingerprint density at radius 3 is 2.76 bits per heavy atom. The summed E-state index contributed by atoms with van der Waals surface area (Å²) in [5, 5.41) is 19.9. The number of aromatic hydroxyl groups is 1. The molecule has 1 aliphatic carbocycles. The van der Waals surface area contributed by atoms with E-state index in [1.165, 1.54) is 0 Å². The lowest BCUT2D eigenvalue weighted by atomic mass is 9.91. The predicted molar refractivity (Wildman–Crippen MR) is 87.1 cm³/mol. The monoisotopic (exact) mass is 368 g/mol. The molecule has 1 saturated carbocycles. The third-order valence-corrected chi connectivity index (χ3v) is 6.00. The Labute approximate surface area is 148 Å². The number of phenols is 1. The molecular formula is C17H18ClFN2O4. The van der Waals surface area contributed by atoms with E-state index in [-0.39, 0.29) is 35.0 Å². The van der Waals surface area contributed by atoms with Gasteiger partial charge in [0.05, 0.1) is 6.04 Å². The zero-order valence-corrected chi connectivity index (χ0v) is 14.2. The van der Waals surface area contributed by atoms with E-state index in [9.17, 15) is 24.2 Å². The molecule has 1 aromatic carbocycles. The number of likely N-dealkylation sites (tertiary alicyclic amines) is 1. The lowest BCUT2D eigenvalue weighted by Crippen LogP contribution is -2.45. The number of halogens is 2. The third-order valence-electron chi connectivity index (χ3n) is 5.66. The van der Waals surface area contributed by atoms with Crippen molar-refractivity contribution in [3.8, 4) is 5.75 Å². The Hall–Kier alpha value is -2.02. The molecule has 1 spiro atoms. The van der Waals surface area contributed by atoms with Gasteiger partial charge in [-0.3, -0.25) is 9.69 Å². The summed E-state index contributed by atoms with van der Waals surface area (Å²) in [6, 6.07) is 0.218. The molecule has 1 aromatic rings. The zero-order valence-electron chi connectivity index (χ0n) is 13.5. The Balaban J connectivity index is 1.73. The molecule has 2 fully saturated rings. The second-order valence-electron chi connectivity index (χ2n) is 7.27. The molecule has 2 amide bonds. The first-order valence-corrected chi connectivity index (χ1v) is 8.66. The number of phenolic OH excluding ortho intramolecular Hbond substituents is 1. The fourth-order valence-corrected chi connectivity index (χ4v) is 4.40. The number of carbonyl (C=O) groups is 2. The fraction of sp³-hybridized carbons (Fsp3) is 0.529. The predicted octanol–water partition coefficient (Wildman–Crippen LogP) is 2.77. The maximum atomic E-state index is 14.0. The molecule has 6 nitrogen and oxygen atoms in total. The van der Waals surface area contributed by atoms with Crippen LogP contribution in [0.1, 0.15) is 36.4 Å². The Bertz CT molecular complexity index is 780. The molecule has 8 heteroatoms. The fourth-order valence-electron chi connectivity index (χ4n) is 4.11. The molecule has 0 unspecified atom stereocenters. The third kappa shape index (κ3) is 2.61. The number of amides is 2. The van der Waals surface area contributed by atoms with E-state index in [1.807, 2.05) is 0 Å². The summed E-state index contributed by atoms with van der Waals surface area (Å²) < 4.78 is 14.0. The van der Waals surface area contributed by atoms with Crippen molar-refractivity contribution < 1.29 is 24.2 Å². The first-order chi connectivity index (χ1) is 11.8. The minimum atomic E-state index is -1.16. The van der Waals surface area contributed by atoms with Crippen molar-refractivity contribution in [2.45, 2.75) is 31.7 Å². The first kappa shape index (κ1) is 16.4. The molecule has 3 aliphatic rings. The number of nitrogens with zero attached hydrogens (tertiary/aromatic N) is 2. The quantitative estimate of drug-likeness (QED) is 0.841. The van der Waals surface area contributed by atoms with Gasteiger partial charge >= 0.3 is 6.09 Å². The van der Waals surface area contributed by atoms with Crippen LogP contribution in [0, 0.1) is 11.2 Å². The SMILES string of the molecule is O=C1CC2(CC2)CN1C[C@@H]1c2c(O)c(F)cc(Cl)c2CCN1C(=O)O. The number of carboxylic acid groups (broad SMARTS) is 1. The molecule has 0 radical (unpaired) electrons. The summed E-state index contributed by atoms with van der Waals surface area (Å²) in [5.41, 5.74) is 0.781. The van der Waals surface area contributed by atoms with Gasteiger partial charge in [-0.05, 0) is 36.3 Å². The Kier molecular flexibility index (Phi) is 3.61. The van der Waals surface area contributed by atoms with Gasteiger partial charge in [0.15, 0.2) is 11.6 Å². The van der Waals surface area contributed by atoms with Crippen LogP contribution in [0.3, 0.4) is 0 Å². The average Bonchev–Trinajstić information content (AvgIpc) is 3.22. The van der Waals surface area contributed by atoms with Crippen molar-refractivity contribution in [1.82, 2.24) is 9.80 Å². The molecule has 2 N–H and O–H groups in total. The van der Waals surface area contributed by atoms with Gasteiger partial charge in [0.25, 0.3) is 0 Å². The molecule has 2 heterocycles. The Morgan fingerprint density at radius 2 is 2.16 bits per heavy atom. The van der Waals surface area contributed by atoms with Gasteiger partial charge in [-0.25, -0.2) is 9.18 Å². The highest BCUT2D eigenvalue weighted by Gasteiger charge is 2.52. The molecule has 2 aliphatic heterocycles. The number of carbonyl (C=O) groups excluding carboxylic acids is 1. The lowest BCUT2D eigenvalue weighted by molar-refractivity contribution is -0.128. The molecule has 1 saturated heterocycles. The Morgan fingerprint density at radius 1 is 1.44 bits per heavy atom. The van der Waals surface area contributed by atoms with Gasteiger partial charge in [-0.15, -0.1) is 0 Å². The number of hydrogen-bond donors (Lipinski definition) is 2. The van der Waals surface area contributed by atoms with E-state index in [0.717, 1.165) is 23.8 Å². The second-order valence-corrected chi connectivity index (χ2v) is 7.68. The molecule has 0 bridgehead atoms. The second kappa shape index (κ2) is 5.49. The largest absolute Gasteiger partial charge is 0.505 e. The van der Waals surface area contributed by atoms with Crippen molar-refractivity contribution in [3.63, 3.8) is 0 Å². The maximum Gasteiger partial charge on any atom is 0.407 e. The number of benzene rings is 1. The maximum absolute atomic E-state index is 14.0. The van der Waals surface area contributed by atoms with E-state index in [0.29, 0.717) is 24.9 Å². The summed E-state index contributed by atoms with van der Waals surface area (Å²) in [7, 11) is 0. The highest BCUT2D eigenvalue weighted by Crippen LogP contribution is 2.53. The van der Waals surface area contributed by atoms with Crippen LogP contribution >= 0.6 is 11.6 Å². The van der Waals surface area contributed by atoms with Gasteiger partial charge in [0.1, 0.15) is 0 Å². The lowest BCUT2D eigenvalue weighted by Gasteiger charge is -2.38. The molecule has 134 valence electrons. The number of fused-ring (bicyclic) bond motifs is 1. The summed E-state index contributed by atoms with van der Waals surface area (Å²) >= 11 is 6.12. The van der Waals surface area contributed by atoms with E-state index in [4.69, 9.17) is 11.6 Å². The van der Waals surface area contributed by atoms with Gasteiger partial charge in [0.2, 0.25) is 5.91 Å². The van der Waals surface area contributed by atoms with Crippen LogP contribution in [0.25, 0.3) is 0 Å². The van der Waals surface area contributed by atoms with Crippen molar-refractivity contribution in [1.29, 1.82) is 0 Å². The van der Waals surface area contributed by atoms with Gasteiger partial charge < -0.3 is 15.1 Å². The standard InChI is InChI=1S/C17H18ClFN2O4/c18-10-5-11(19)15(23)14-9(10)1-4-21(16(24)25)12(14)7-20-8-17(2-3-17)6-13(20)22/h5,12,23H,1-4,6-8H2,(H,24,25)/t12-/m1/s1. The molecule has 25 heavy (non-hydrogen) atoms. The van der Waals surface area contributed by atoms with E-state index in [1.54, 1.807) is 4.90 Å². The minimum absolute atomic E-state index is 0.0167. The van der Waals surface area contributed by atoms with Crippen LogP contribution in [0.4, 0.5) is 9.18 Å². The normalized spacial score (nSPS) is 23.9. The summed E-state index contributed by atoms with van der Waals surface area (Å²) in [6.45, 7) is 0.882. The molecule has 0 aromatic heterocycles. The number of hydrogen-bond acceptors (Lipinski definition) is 3. The molecule has 1 atom stereocenters. The zero-order chi connectivity index (χ0) is 17.9.